The Morgan fingerprint density at radius 3 is 1.97 bits per heavy atom. The van der Waals surface area contributed by atoms with Crippen LogP contribution in [0.4, 0.5) is 0 Å². The van der Waals surface area contributed by atoms with E-state index in [0.717, 1.165) is 21.3 Å². The molecule has 3 aromatic rings. The molecule has 0 fully saturated rings. The average molecular weight is 413 g/mol. The number of methoxy groups -OCH3 is 3. The van der Waals surface area contributed by atoms with Gasteiger partial charge in [0.25, 0.3) is 0 Å². The third-order valence-corrected chi connectivity index (χ3v) is 4.57. The maximum atomic E-state index is 12.9. The van der Waals surface area contributed by atoms with Gasteiger partial charge in [0, 0.05) is 5.39 Å². The molecule has 0 atom stereocenters. The molecule has 0 N–H and O–H groups in total. The number of ether oxygens (including phenoxy) is 4. The number of hydrogen-bond donors (Lipinski definition) is 0. The first kappa shape index (κ1) is 20.8. The Morgan fingerprint density at radius 2 is 1.37 bits per heavy atom. The lowest BCUT2D eigenvalue weighted by atomic mass is 10.1. The van der Waals surface area contributed by atoms with Gasteiger partial charge in [-0.2, -0.15) is 0 Å². The van der Waals surface area contributed by atoms with Gasteiger partial charge in [-0.05, 0) is 13.0 Å². The summed E-state index contributed by atoms with van der Waals surface area (Å²) in [7, 11) is 3.37. The van der Waals surface area contributed by atoms with E-state index < -0.39 is 23.9 Å². The van der Waals surface area contributed by atoms with Gasteiger partial charge >= 0.3 is 23.9 Å². The van der Waals surface area contributed by atoms with Crippen molar-refractivity contribution in [2.45, 2.75) is 6.92 Å². The highest BCUT2D eigenvalue weighted by molar-refractivity contribution is 6.22. The Kier molecular flexibility index (Phi) is 5.72. The summed E-state index contributed by atoms with van der Waals surface area (Å²) in [6.45, 7) is 1.72. The van der Waals surface area contributed by atoms with E-state index in [1.165, 1.54) is 4.40 Å². The minimum Gasteiger partial charge on any atom is -0.465 e. The zero-order chi connectivity index (χ0) is 22.0. The summed E-state index contributed by atoms with van der Waals surface area (Å²) in [5, 5.41) is 0.417. The van der Waals surface area contributed by atoms with Crippen LogP contribution in [0.15, 0.2) is 30.3 Å². The standard InChI is InChI=1S/C21H19NO8/c1-5-30-20(25)13-11-9-7-6-8-10-12(11)22-16(13)14(18(23)27-2)15(19(24)28-3)17(22)21(26)29-4/h6-10H,5H2,1-4H3. The zero-order valence-corrected chi connectivity index (χ0v) is 16.8. The molecule has 0 bridgehead atoms. The maximum Gasteiger partial charge on any atom is 0.355 e. The van der Waals surface area contributed by atoms with Crippen LogP contribution in [0.3, 0.4) is 0 Å². The smallest absolute Gasteiger partial charge is 0.355 e. The molecule has 3 rings (SSSR count). The summed E-state index contributed by atoms with van der Waals surface area (Å²) in [6.07, 6.45) is 0. The quantitative estimate of drug-likeness (QED) is 0.464. The second-order valence-corrected chi connectivity index (χ2v) is 6.06. The zero-order valence-electron chi connectivity index (χ0n) is 16.8. The molecule has 0 saturated heterocycles. The molecule has 30 heavy (non-hydrogen) atoms. The van der Waals surface area contributed by atoms with Crippen LogP contribution in [0.1, 0.15) is 48.5 Å². The van der Waals surface area contributed by atoms with Crippen molar-refractivity contribution in [2.24, 2.45) is 0 Å². The van der Waals surface area contributed by atoms with E-state index in [0.29, 0.717) is 10.9 Å². The highest BCUT2D eigenvalue weighted by Gasteiger charge is 2.38. The van der Waals surface area contributed by atoms with E-state index in [-0.39, 0.29) is 34.5 Å². The molecule has 156 valence electrons. The molecule has 9 heteroatoms. The van der Waals surface area contributed by atoms with Crippen LogP contribution in [-0.2, 0) is 18.9 Å². The number of hydrogen-bond acceptors (Lipinski definition) is 8. The van der Waals surface area contributed by atoms with Gasteiger partial charge in [0.05, 0.1) is 44.5 Å². The van der Waals surface area contributed by atoms with Gasteiger partial charge in [0.1, 0.15) is 16.8 Å². The van der Waals surface area contributed by atoms with Gasteiger partial charge in [-0.3, -0.25) is 0 Å². The number of esters is 4. The molecule has 0 amide bonds. The molecule has 1 aromatic carbocycles. The number of rotatable bonds is 5. The van der Waals surface area contributed by atoms with Crippen molar-refractivity contribution in [3.05, 3.63) is 52.7 Å². The number of nitrogens with zero attached hydrogens (tertiary/aromatic N) is 1. The van der Waals surface area contributed by atoms with Crippen LogP contribution in [-0.4, -0.2) is 56.2 Å². The number of fused-ring (bicyclic) bond motifs is 3. The van der Waals surface area contributed by atoms with E-state index in [1.54, 1.807) is 37.3 Å². The summed E-state index contributed by atoms with van der Waals surface area (Å²) < 4.78 is 21.0. The van der Waals surface area contributed by atoms with Gasteiger partial charge in [0.2, 0.25) is 0 Å². The molecule has 0 unspecified atom stereocenters. The fraction of sp³-hybridized carbons (Fsp3) is 0.238. The molecule has 9 nitrogen and oxygen atoms in total. The maximum absolute atomic E-state index is 12.9. The fourth-order valence-corrected chi connectivity index (χ4v) is 3.42. The fourth-order valence-electron chi connectivity index (χ4n) is 3.42. The summed E-state index contributed by atoms with van der Waals surface area (Å²) in [4.78, 5) is 50.9. The van der Waals surface area contributed by atoms with Gasteiger partial charge in [0.15, 0.2) is 0 Å². The van der Waals surface area contributed by atoms with Crippen LogP contribution in [0, 0.1) is 0 Å². The highest BCUT2D eigenvalue weighted by Crippen LogP contribution is 2.36. The molecular formula is C21H19NO8. The van der Waals surface area contributed by atoms with Gasteiger partial charge in [-0.15, -0.1) is 0 Å². The Morgan fingerprint density at radius 1 is 0.767 bits per heavy atom. The van der Waals surface area contributed by atoms with Crippen LogP contribution in [0.25, 0.3) is 16.4 Å². The Bertz CT molecular complexity index is 1190. The topological polar surface area (TPSA) is 110 Å². The molecule has 0 aliphatic carbocycles. The van der Waals surface area contributed by atoms with Crippen LogP contribution in [0.5, 0.6) is 0 Å². The van der Waals surface area contributed by atoms with E-state index in [2.05, 4.69) is 0 Å². The van der Waals surface area contributed by atoms with E-state index in [9.17, 15) is 19.2 Å². The largest absolute Gasteiger partial charge is 0.465 e. The minimum absolute atomic E-state index is 0.00213. The average Bonchev–Trinajstić information content (AvgIpc) is 3.13. The van der Waals surface area contributed by atoms with Gasteiger partial charge in [-0.1, -0.05) is 24.3 Å². The van der Waals surface area contributed by atoms with E-state index >= 15 is 0 Å². The summed E-state index contributed by atoms with van der Waals surface area (Å²) in [5.74, 6) is -3.50. The third-order valence-electron chi connectivity index (χ3n) is 4.57. The van der Waals surface area contributed by atoms with Crippen LogP contribution in [0.2, 0.25) is 0 Å². The first-order valence-electron chi connectivity index (χ1n) is 8.94. The van der Waals surface area contributed by atoms with Crippen LogP contribution < -0.4 is 0 Å². The second kappa shape index (κ2) is 8.24. The van der Waals surface area contributed by atoms with Crippen molar-refractivity contribution in [1.82, 2.24) is 4.40 Å². The predicted octanol–water partition coefficient (Wildman–Crippen LogP) is 2.63. The van der Waals surface area contributed by atoms with Crippen molar-refractivity contribution in [2.75, 3.05) is 27.9 Å². The van der Waals surface area contributed by atoms with Crippen LogP contribution >= 0.6 is 0 Å². The molecule has 0 radical (unpaired) electrons. The number of aromatic nitrogens is 1. The van der Waals surface area contributed by atoms with E-state index in [1.807, 2.05) is 0 Å². The Hall–Kier alpha value is -3.88. The normalized spacial score (nSPS) is 10.7. The number of carbonyl (C=O) groups excluding carboxylic acids is 4. The summed E-state index contributed by atoms with van der Waals surface area (Å²) in [6, 6.07) is 8.40. The molecular weight excluding hydrogens is 394 g/mol. The lowest BCUT2D eigenvalue weighted by Crippen LogP contribution is -2.16. The minimum atomic E-state index is -0.956. The SMILES string of the molecule is CCOC(=O)c1c2cccccc2n2c(C(=O)OC)c(C(=O)OC)c(C(=O)OC)c12. The van der Waals surface area contributed by atoms with Gasteiger partial charge < -0.3 is 23.3 Å². The van der Waals surface area contributed by atoms with E-state index in [4.69, 9.17) is 18.9 Å². The second-order valence-electron chi connectivity index (χ2n) is 6.06. The van der Waals surface area contributed by atoms with Crippen molar-refractivity contribution in [3.63, 3.8) is 0 Å². The predicted molar refractivity (Wildman–Crippen MR) is 105 cm³/mol. The first-order valence-corrected chi connectivity index (χ1v) is 8.94. The summed E-state index contributed by atoms with van der Waals surface area (Å²) in [5.41, 5.74) is -0.492. The molecule has 0 spiro atoms. The first-order chi connectivity index (χ1) is 14.4. The highest BCUT2D eigenvalue weighted by atomic mass is 16.5. The Labute approximate surface area is 171 Å². The lowest BCUT2D eigenvalue weighted by Gasteiger charge is -2.05. The number of carbonyl (C=O) groups is 4. The molecule has 0 saturated carbocycles. The Balaban J connectivity index is 2.70. The molecule has 2 heterocycles. The third kappa shape index (κ3) is 3.04. The molecule has 0 aliphatic heterocycles. The lowest BCUT2D eigenvalue weighted by molar-refractivity contribution is 0.0528. The van der Waals surface area contributed by atoms with Crippen molar-refractivity contribution in [1.29, 1.82) is 0 Å². The van der Waals surface area contributed by atoms with Crippen molar-refractivity contribution in [3.8, 4) is 0 Å². The van der Waals surface area contributed by atoms with Crippen molar-refractivity contribution >= 4 is 40.3 Å². The monoisotopic (exact) mass is 413 g/mol. The van der Waals surface area contributed by atoms with Crippen molar-refractivity contribution < 1.29 is 38.1 Å². The molecule has 0 aliphatic rings. The summed E-state index contributed by atoms with van der Waals surface area (Å²) >= 11 is 0. The van der Waals surface area contributed by atoms with Gasteiger partial charge in [-0.25, -0.2) is 19.2 Å². The molecule has 2 aromatic heterocycles.